The molecule has 0 saturated carbocycles. The Morgan fingerprint density at radius 2 is 2.05 bits per heavy atom. The number of rotatable bonds is 6. The fourth-order valence-electron chi connectivity index (χ4n) is 2.29. The smallest absolute Gasteiger partial charge is 0.179 e. The van der Waals surface area contributed by atoms with Gasteiger partial charge in [0.2, 0.25) is 0 Å². The van der Waals surface area contributed by atoms with Gasteiger partial charge in [0.1, 0.15) is 0 Å². The third-order valence-corrected chi connectivity index (χ3v) is 6.67. The topological polar surface area (TPSA) is 70.0 Å². The number of thioether (sulfide) groups is 1. The quantitative estimate of drug-likeness (QED) is 0.813. The monoisotopic (exact) mass is 324 g/mol. The summed E-state index contributed by atoms with van der Waals surface area (Å²) in [5.41, 5.74) is 0.474. The molecule has 1 aromatic carbocycles. The van der Waals surface area contributed by atoms with Gasteiger partial charge in [-0.1, -0.05) is 6.42 Å². The molecule has 1 atom stereocenters. The van der Waals surface area contributed by atoms with Crippen molar-refractivity contribution in [3.63, 3.8) is 0 Å². The molecule has 114 valence electrons. The lowest BCUT2D eigenvalue weighted by molar-refractivity contribution is 0.583. The molecule has 1 aliphatic rings. The Kier molecular flexibility index (Phi) is 6.09. The number of nitrogens with one attached hydrogen (secondary N) is 1. The first-order valence-corrected chi connectivity index (χ1v) is 9.87. The van der Waals surface area contributed by atoms with E-state index in [1.165, 1.54) is 37.1 Å². The van der Waals surface area contributed by atoms with Gasteiger partial charge >= 0.3 is 0 Å². The number of sulfone groups is 1. The first-order valence-electron chi connectivity index (χ1n) is 7.17. The molecular weight excluding hydrogens is 304 g/mol. The summed E-state index contributed by atoms with van der Waals surface area (Å²) < 4.78 is 24.3. The zero-order valence-electron chi connectivity index (χ0n) is 11.9. The van der Waals surface area contributed by atoms with E-state index in [0.29, 0.717) is 17.4 Å². The van der Waals surface area contributed by atoms with Gasteiger partial charge in [-0.2, -0.15) is 17.0 Å². The second kappa shape index (κ2) is 7.83. The maximum Gasteiger partial charge on any atom is 0.179 e. The summed E-state index contributed by atoms with van der Waals surface area (Å²) in [7, 11) is -3.27. The molecule has 0 bridgehead atoms. The molecule has 6 heteroatoms. The van der Waals surface area contributed by atoms with Crippen LogP contribution in [-0.4, -0.2) is 38.3 Å². The minimum absolute atomic E-state index is 0.0935. The SMILES string of the molecule is N#Cc1ccc(S(=O)(=O)CCNCC2CCCCS2)cc1. The van der Waals surface area contributed by atoms with Crippen LogP contribution < -0.4 is 5.32 Å². The fourth-order valence-corrected chi connectivity index (χ4v) is 4.77. The molecule has 1 aromatic rings. The van der Waals surface area contributed by atoms with Gasteiger partial charge in [0.05, 0.1) is 22.3 Å². The highest BCUT2D eigenvalue weighted by molar-refractivity contribution is 7.99. The predicted molar refractivity (Wildman–Crippen MR) is 86.2 cm³/mol. The van der Waals surface area contributed by atoms with Crippen molar-refractivity contribution >= 4 is 21.6 Å². The Bertz CT molecular complexity index is 585. The van der Waals surface area contributed by atoms with Crippen LogP contribution >= 0.6 is 11.8 Å². The lowest BCUT2D eigenvalue weighted by Gasteiger charge is -2.21. The Hall–Kier alpha value is -1.03. The Morgan fingerprint density at radius 1 is 1.29 bits per heavy atom. The van der Waals surface area contributed by atoms with E-state index in [2.05, 4.69) is 5.32 Å². The van der Waals surface area contributed by atoms with Crippen LogP contribution in [0.2, 0.25) is 0 Å². The lowest BCUT2D eigenvalue weighted by Crippen LogP contribution is -2.30. The van der Waals surface area contributed by atoms with E-state index in [9.17, 15) is 8.42 Å². The van der Waals surface area contributed by atoms with E-state index in [-0.39, 0.29) is 10.6 Å². The normalized spacial score (nSPS) is 19.1. The third-order valence-electron chi connectivity index (χ3n) is 3.54. The van der Waals surface area contributed by atoms with Crippen LogP contribution in [0.5, 0.6) is 0 Å². The van der Waals surface area contributed by atoms with Gasteiger partial charge in [-0.3, -0.25) is 0 Å². The molecule has 4 nitrogen and oxygen atoms in total. The van der Waals surface area contributed by atoms with Gasteiger partial charge < -0.3 is 5.32 Å². The summed E-state index contributed by atoms with van der Waals surface area (Å²) in [6.45, 7) is 1.35. The summed E-state index contributed by atoms with van der Waals surface area (Å²) in [4.78, 5) is 0.287. The first kappa shape index (κ1) is 16.3. The highest BCUT2D eigenvalue weighted by Crippen LogP contribution is 2.24. The molecule has 0 aromatic heterocycles. The van der Waals surface area contributed by atoms with Gasteiger partial charge in [-0.05, 0) is 42.9 Å². The number of benzene rings is 1. The van der Waals surface area contributed by atoms with Crippen LogP contribution in [0, 0.1) is 11.3 Å². The maximum atomic E-state index is 12.2. The van der Waals surface area contributed by atoms with Crippen LogP contribution in [-0.2, 0) is 9.84 Å². The average Bonchev–Trinajstić information content (AvgIpc) is 2.53. The van der Waals surface area contributed by atoms with Crippen molar-refractivity contribution in [2.45, 2.75) is 29.4 Å². The minimum Gasteiger partial charge on any atom is -0.315 e. The largest absolute Gasteiger partial charge is 0.315 e. The van der Waals surface area contributed by atoms with Crippen molar-refractivity contribution in [2.75, 3.05) is 24.6 Å². The fraction of sp³-hybridized carbons (Fsp3) is 0.533. The number of nitriles is 1. The summed E-state index contributed by atoms with van der Waals surface area (Å²) in [6.07, 6.45) is 3.80. The highest BCUT2D eigenvalue weighted by Gasteiger charge is 2.16. The molecule has 0 aliphatic carbocycles. The molecule has 0 amide bonds. The van der Waals surface area contributed by atoms with E-state index < -0.39 is 9.84 Å². The number of hydrogen-bond acceptors (Lipinski definition) is 5. The van der Waals surface area contributed by atoms with E-state index in [0.717, 1.165) is 6.54 Å². The molecule has 1 saturated heterocycles. The molecule has 2 rings (SSSR count). The molecular formula is C15H20N2O2S2. The van der Waals surface area contributed by atoms with E-state index in [4.69, 9.17) is 5.26 Å². The molecule has 1 N–H and O–H groups in total. The molecule has 0 spiro atoms. The van der Waals surface area contributed by atoms with Crippen molar-refractivity contribution in [1.29, 1.82) is 5.26 Å². The van der Waals surface area contributed by atoms with Gasteiger partial charge in [-0.15, -0.1) is 0 Å². The zero-order chi connectivity index (χ0) is 15.1. The summed E-state index contributed by atoms with van der Waals surface area (Å²) in [5, 5.41) is 12.6. The second-order valence-electron chi connectivity index (χ2n) is 5.15. The molecule has 1 aliphatic heterocycles. The Labute approximate surface area is 130 Å². The van der Waals surface area contributed by atoms with Crippen molar-refractivity contribution < 1.29 is 8.42 Å². The zero-order valence-corrected chi connectivity index (χ0v) is 13.5. The van der Waals surface area contributed by atoms with Crippen molar-refractivity contribution in [3.8, 4) is 6.07 Å². The van der Waals surface area contributed by atoms with Crippen molar-refractivity contribution in [3.05, 3.63) is 29.8 Å². The van der Waals surface area contributed by atoms with Crippen LogP contribution in [0.1, 0.15) is 24.8 Å². The van der Waals surface area contributed by atoms with E-state index in [1.807, 2.05) is 17.8 Å². The third kappa shape index (κ3) is 5.03. The lowest BCUT2D eigenvalue weighted by atomic mass is 10.2. The van der Waals surface area contributed by atoms with Gasteiger partial charge in [0, 0.05) is 18.3 Å². The van der Waals surface area contributed by atoms with Crippen molar-refractivity contribution in [2.24, 2.45) is 0 Å². The highest BCUT2D eigenvalue weighted by atomic mass is 32.2. The van der Waals surface area contributed by atoms with Gasteiger partial charge in [-0.25, -0.2) is 8.42 Å². The first-order chi connectivity index (χ1) is 10.1. The van der Waals surface area contributed by atoms with Crippen LogP contribution in [0.3, 0.4) is 0 Å². The average molecular weight is 324 g/mol. The Balaban J connectivity index is 1.79. The number of nitrogens with zero attached hydrogens (tertiary/aromatic N) is 1. The van der Waals surface area contributed by atoms with Crippen LogP contribution in [0.15, 0.2) is 29.2 Å². The van der Waals surface area contributed by atoms with Crippen LogP contribution in [0.4, 0.5) is 0 Å². The van der Waals surface area contributed by atoms with Crippen molar-refractivity contribution in [1.82, 2.24) is 5.32 Å². The maximum absolute atomic E-state index is 12.2. The Morgan fingerprint density at radius 3 is 2.67 bits per heavy atom. The van der Waals surface area contributed by atoms with E-state index in [1.54, 1.807) is 12.1 Å². The molecule has 1 fully saturated rings. The molecule has 21 heavy (non-hydrogen) atoms. The van der Waals surface area contributed by atoms with Gasteiger partial charge in [0.25, 0.3) is 0 Å². The number of hydrogen-bond donors (Lipinski definition) is 1. The second-order valence-corrected chi connectivity index (χ2v) is 8.67. The van der Waals surface area contributed by atoms with E-state index >= 15 is 0 Å². The summed E-state index contributed by atoms with van der Waals surface area (Å²) in [5.74, 6) is 1.31. The van der Waals surface area contributed by atoms with Gasteiger partial charge in [0.15, 0.2) is 9.84 Å². The summed E-state index contributed by atoms with van der Waals surface area (Å²) >= 11 is 1.98. The summed E-state index contributed by atoms with van der Waals surface area (Å²) in [6, 6.07) is 8.08. The molecule has 1 unspecified atom stereocenters. The standard InChI is InChI=1S/C15H20N2O2S2/c16-11-13-4-6-15(7-5-13)21(18,19)10-8-17-12-14-3-1-2-9-20-14/h4-7,14,17H,1-3,8-10,12H2. The minimum atomic E-state index is -3.27. The van der Waals surface area contributed by atoms with Crippen LogP contribution in [0.25, 0.3) is 0 Å². The molecule has 0 radical (unpaired) electrons. The molecule has 1 heterocycles. The predicted octanol–water partition coefficient (Wildman–Crippen LogP) is 2.21.